The van der Waals surface area contributed by atoms with Crippen LogP contribution in [0.4, 0.5) is 0 Å². The van der Waals surface area contributed by atoms with Crippen molar-refractivity contribution in [3.63, 3.8) is 0 Å². The van der Waals surface area contributed by atoms with Gasteiger partial charge in [0.2, 0.25) is 0 Å². The molecule has 3 atom stereocenters. The summed E-state index contributed by atoms with van der Waals surface area (Å²) in [7, 11) is 0. The maximum absolute atomic E-state index is 9.40. The molecule has 0 aromatic heterocycles. The van der Waals surface area contributed by atoms with Crippen LogP contribution in [0.1, 0.15) is 26.7 Å². The molecule has 0 aromatic rings. The van der Waals surface area contributed by atoms with Gasteiger partial charge in [0.25, 0.3) is 0 Å². The molecule has 0 radical (unpaired) electrons. The summed E-state index contributed by atoms with van der Waals surface area (Å²) >= 11 is 0. The van der Waals surface area contributed by atoms with Gasteiger partial charge in [-0.2, -0.15) is 0 Å². The van der Waals surface area contributed by atoms with Crippen molar-refractivity contribution in [2.75, 3.05) is 32.8 Å². The molecule has 1 saturated heterocycles. The Morgan fingerprint density at radius 1 is 1.50 bits per heavy atom. The third kappa shape index (κ3) is 4.37. The van der Waals surface area contributed by atoms with Crippen LogP contribution in [-0.2, 0) is 0 Å². The second-order valence-electron chi connectivity index (χ2n) is 4.92. The maximum atomic E-state index is 9.40. The second-order valence-corrected chi connectivity index (χ2v) is 4.92. The standard InChI is InChI=1S/C12H26N2O2/c1-3-5-13-12-4-6-14(7-10(12)2)8-11(16)9-15/h10-13,15-16H,3-9H2,1-2H3. The molecule has 1 aliphatic rings. The van der Waals surface area contributed by atoms with E-state index < -0.39 is 6.10 Å². The normalized spacial score (nSPS) is 29.2. The van der Waals surface area contributed by atoms with E-state index in [9.17, 15) is 5.11 Å². The minimum Gasteiger partial charge on any atom is -0.394 e. The molecule has 0 spiro atoms. The Morgan fingerprint density at radius 2 is 2.25 bits per heavy atom. The van der Waals surface area contributed by atoms with Crippen molar-refractivity contribution in [1.82, 2.24) is 10.2 Å². The highest BCUT2D eigenvalue weighted by atomic mass is 16.3. The molecule has 0 aromatic carbocycles. The van der Waals surface area contributed by atoms with Gasteiger partial charge in [0.1, 0.15) is 0 Å². The summed E-state index contributed by atoms with van der Waals surface area (Å²) in [5.41, 5.74) is 0. The van der Waals surface area contributed by atoms with E-state index in [1.165, 1.54) is 6.42 Å². The topological polar surface area (TPSA) is 55.7 Å². The molecular formula is C12H26N2O2. The third-order valence-electron chi connectivity index (χ3n) is 3.33. The lowest BCUT2D eigenvalue weighted by Gasteiger charge is -2.38. The van der Waals surface area contributed by atoms with E-state index >= 15 is 0 Å². The number of β-amino-alcohol motifs (C(OH)–C–C–N with tert-alkyl or cyclic N) is 1. The molecule has 96 valence electrons. The molecule has 0 amide bonds. The van der Waals surface area contributed by atoms with Crippen LogP contribution in [0.5, 0.6) is 0 Å². The summed E-state index contributed by atoms with van der Waals surface area (Å²) in [6.45, 7) is 8.02. The van der Waals surface area contributed by atoms with Crippen molar-refractivity contribution < 1.29 is 10.2 Å². The number of piperidine rings is 1. The van der Waals surface area contributed by atoms with Gasteiger partial charge in [0, 0.05) is 19.1 Å². The Balaban J connectivity index is 2.27. The van der Waals surface area contributed by atoms with E-state index in [1.807, 2.05) is 0 Å². The lowest BCUT2D eigenvalue weighted by atomic mass is 9.93. The van der Waals surface area contributed by atoms with Crippen LogP contribution >= 0.6 is 0 Å². The van der Waals surface area contributed by atoms with E-state index in [0.29, 0.717) is 18.5 Å². The predicted octanol–water partition coefficient (Wildman–Crippen LogP) is 0.0496. The van der Waals surface area contributed by atoms with Gasteiger partial charge >= 0.3 is 0 Å². The van der Waals surface area contributed by atoms with Crippen LogP contribution in [0.15, 0.2) is 0 Å². The number of hydrogen-bond acceptors (Lipinski definition) is 4. The van der Waals surface area contributed by atoms with E-state index in [2.05, 4.69) is 24.1 Å². The smallest absolute Gasteiger partial charge is 0.0897 e. The fraction of sp³-hybridized carbons (Fsp3) is 1.00. The first-order chi connectivity index (χ1) is 7.67. The Hall–Kier alpha value is -0.160. The lowest BCUT2D eigenvalue weighted by molar-refractivity contribution is 0.0401. The first-order valence-corrected chi connectivity index (χ1v) is 6.42. The number of likely N-dealkylation sites (tertiary alicyclic amines) is 1. The number of aliphatic hydroxyl groups is 2. The average molecular weight is 230 g/mol. The quantitative estimate of drug-likeness (QED) is 0.603. The van der Waals surface area contributed by atoms with E-state index in [-0.39, 0.29) is 6.61 Å². The predicted molar refractivity (Wildman–Crippen MR) is 65.4 cm³/mol. The van der Waals surface area contributed by atoms with Crippen molar-refractivity contribution >= 4 is 0 Å². The Morgan fingerprint density at radius 3 is 2.81 bits per heavy atom. The summed E-state index contributed by atoms with van der Waals surface area (Å²) in [6, 6.07) is 0.613. The van der Waals surface area contributed by atoms with Crippen LogP contribution in [0.3, 0.4) is 0 Å². The monoisotopic (exact) mass is 230 g/mol. The van der Waals surface area contributed by atoms with Crippen molar-refractivity contribution in [1.29, 1.82) is 0 Å². The molecule has 1 heterocycles. The molecule has 3 unspecified atom stereocenters. The first kappa shape index (κ1) is 13.9. The minimum absolute atomic E-state index is 0.137. The molecule has 3 N–H and O–H groups in total. The van der Waals surface area contributed by atoms with Gasteiger partial charge in [-0.05, 0) is 31.8 Å². The molecule has 4 heteroatoms. The first-order valence-electron chi connectivity index (χ1n) is 6.42. The Kier molecular flexibility index (Phi) is 6.28. The largest absolute Gasteiger partial charge is 0.394 e. The Bertz CT molecular complexity index is 190. The number of hydrogen-bond donors (Lipinski definition) is 3. The van der Waals surface area contributed by atoms with Crippen molar-refractivity contribution in [2.45, 2.75) is 38.8 Å². The summed E-state index contributed by atoms with van der Waals surface area (Å²) < 4.78 is 0. The fourth-order valence-electron chi connectivity index (χ4n) is 2.39. The molecule has 1 aliphatic heterocycles. The highest BCUT2D eigenvalue weighted by Crippen LogP contribution is 2.16. The van der Waals surface area contributed by atoms with Crippen LogP contribution in [0, 0.1) is 5.92 Å². The van der Waals surface area contributed by atoms with Crippen LogP contribution < -0.4 is 5.32 Å². The molecule has 0 bridgehead atoms. The molecule has 1 fully saturated rings. The van der Waals surface area contributed by atoms with Gasteiger partial charge in [0.15, 0.2) is 0 Å². The van der Waals surface area contributed by atoms with E-state index in [1.54, 1.807) is 0 Å². The third-order valence-corrected chi connectivity index (χ3v) is 3.33. The molecule has 4 nitrogen and oxygen atoms in total. The SMILES string of the molecule is CCCNC1CCN(CC(O)CO)CC1C. The summed E-state index contributed by atoms with van der Waals surface area (Å²) in [4.78, 5) is 2.25. The summed E-state index contributed by atoms with van der Waals surface area (Å²) in [5.74, 6) is 0.617. The summed E-state index contributed by atoms with van der Waals surface area (Å²) in [5, 5.41) is 21.8. The highest BCUT2D eigenvalue weighted by Gasteiger charge is 2.26. The van der Waals surface area contributed by atoms with Gasteiger partial charge in [-0.3, -0.25) is 0 Å². The second kappa shape index (κ2) is 7.22. The molecule has 0 aliphatic carbocycles. The van der Waals surface area contributed by atoms with Crippen LogP contribution in [0.2, 0.25) is 0 Å². The van der Waals surface area contributed by atoms with Crippen molar-refractivity contribution in [2.24, 2.45) is 5.92 Å². The molecule has 0 saturated carbocycles. The van der Waals surface area contributed by atoms with Crippen LogP contribution in [0.25, 0.3) is 0 Å². The zero-order valence-corrected chi connectivity index (χ0v) is 10.5. The van der Waals surface area contributed by atoms with E-state index in [4.69, 9.17) is 5.11 Å². The van der Waals surface area contributed by atoms with Crippen molar-refractivity contribution in [3.05, 3.63) is 0 Å². The molecule has 1 rings (SSSR count). The van der Waals surface area contributed by atoms with Crippen molar-refractivity contribution in [3.8, 4) is 0 Å². The summed E-state index contributed by atoms with van der Waals surface area (Å²) in [6.07, 6.45) is 1.72. The fourth-order valence-corrected chi connectivity index (χ4v) is 2.39. The minimum atomic E-state index is -0.590. The Labute approximate surface area is 98.6 Å². The number of nitrogens with zero attached hydrogens (tertiary/aromatic N) is 1. The molecular weight excluding hydrogens is 204 g/mol. The lowest BCUT2D eigenvalue weighted by Crippen LogP contribution is -2.50. The van der Waals surface area contributed by atoms with E-state index in [0.717, 1.165) is 26.1 Å². The van der Waals surface area contributed by atoms with Gasteiger partial charge in [-0.25, -0.2) is 0 Å². The highest BCUT2D eigenvalue weighted by molar-refractivity contribution is 4.83. The van der Waals surface area contributed by atoms with Gasteiger partial charge < -0.3 is 20.4 Å². The number of nitrogens with one attached hydrogen (secondary N) is 1. The average Bonchev–Trinajstić information content (AvgIpc) is 2.28. The van der Waals surface area contributed by atoms with Gasteiger partial charge in [-0.1, -0.05) is 13.8 Å². The zero-order chi connectivity index (χ0) is 12.0. The van der Waals surface area contributed by atoms with Gasteiger partial charge in [-0.15, -0.1) is 0 Å². The van der Waals surface area contributed by atoms with Gasteiger partial charge in [0.05, 0.1) is 12.7 Å². The number of rotatable bonds is 6. The number of aliphatic hydroxyl groups excluding tert-OH is 2. The van der Waals surface area contributed by atoms with Crippen LogP contribution in [-0.4, -0.2) is 60.0 Å². The zero-order valence-electron chi connectivity index (χ0n) is 10.5. The maximum Gasteiger partial charge on any atom is 0.0897 e. The molecule has 16 heavy (non-hydrogen) atoms.